The fourth-order valence-electron chi connectivity index (χ4n) is 3.57. The Kier molecular flexibility index (Phi) is 5.38. The van der Waals surface area contributed by atoms with Gasteiger partial charge < -0.3 is 4.74 Å². The van der Waals surface area contributed by atoms with Gasteiger partial charge in [0.05, 0.1) is 30.3 Å². The highest BCUT2D eigenvalue weighted by Crippen LogP contribution is 2.27. The summed E-state index contributed by atoms with van der Waals surface area (Å²) in [4.78, 5) is 17.3. The molecule has 0 saturated heterocycles. The topological polar surface area (TPSA) is 97.7 Å². The molecule has 0 aliphatic heterocycles. The van der Waals surface area contributed by atoms with Crippen molar-refractivity contribution in [2.24, 2.45) is 0 Å². The lowest BCUT2D eigenvalue weighted by atomic mass is 10.1. The normalized spacial score (nSPS) is 10.7. The van der Waals surface area contributed by atoms with Crippen LogP contribution in [0.15, 0.2) is 91.1 Å². The Morgan fingerprint density at radius 3 is 2.64 bits per heavy atom. The summed E-state index contributed by atoms with van der Waals surface area (Å²) >= 11 is 0. The molecule has 2 heterocycles. The number of carbonyl (C=O) groups is 1. The molecule has 2 N–H and O–H groups in total. The lowest BCUT2D eigenvalue weighted by Gasteiger charge is -2.09. The molecular formula is C25H20N6O2. The zero-order valence-electron chi connectivity index (χ0n) is 17.8. The maximum atomic E-state index is 12.9. The second-order valence-corrected chi connectivity index (χ2v) is 7.21. The maximum Gasteiger partial charge on any atom is 0.258 e. The van der Waals surface area contributed by atoms with Crippen molar-refractivity contribution in [3.63, 3.8) is 0 Å². The van der Waals surface area contributed by atoms with Crippen molar-refractivity contribution in [2.45, 2.75) is 0 Å². The number of methoxy groups -OCH3 is 1. The summed E-state index contributed by atoms with van der Waals surface area (Å²) in [5.74, 6) is 1.01. The van der Waals surface area contributed by atoms with Crippen LogP contribution in [0, 0.1) is 0 Å². The van der Waals surface area contributed by atoms with Gasteiger partial charge in [0.2, 0.25) is 5.95 Å². The number of hydrogen-bond donors (Lipinski definition) is 2. The van der Waals surface area contributed by atoms with Gasteiger partial charge in [-0.3, -0.25) is 15.2 Å². The molecule has 162 valence electrons. The van der Waals surface area contributed by atoms with Gasteiger partial charge in [0.15, 0.2) is 5.82 Å². The Hall–Kier alpha value is -4.72. The van der Waals surface area contributed by atoms with Gasteiger partial charge in [0, 0.05) is 11.1 Å². The van der Waals surface area contributed by atoms with E-state index in [-0.39, 0.29) is 11.9 Å². The van der Waals surface area contributed by atoms with Gasteiger partial charge >= 0.3 is 0 Å². The molecule has 3 aromatic carbocycles. The van der Waals surface area contributed by atoms with Crippen LogP contribution in [0.4, 0.5) is 5.95 Å². The number of nitrogens with zero attached hydrogens (tertiary/aromatic N) is 4. The second kappa shape index (κ2) is 8.80. The summed E-state index contributed by atoms with van der Waals surface area (Å²) in [6.45, 7) is 0. The van der Waals surface area contributed by atoms with Crippen molar-refractivity contribution in [3.8, 4) is 34.1 Å². The van der Waals surface area contributed by atoms with Crippen molar-refractivity contribution in [3.05, 3.63) is 96.7 Å². The first-order valence-electron chi connectivity index (χ1n) is 10.3. The summed E-state index contributed by atoms with van der Waals surface area (Å²) in [7, 11) is 1.59. The molecular weight excluding hydrogens is 416 g/mol. The van der Waals surface area contributed by atoms with E-state index >= 15 is 0 Å². The molecule has 0 unspecified atom stereocenters. The first-order valence-corrected chi connectivity index (χ1v) is 10.3. The minimum atomic E-state index is -0.323. The largest absolute Gasteiger partial charge is 0.496 e. The van der Waals surface area contributed by atoms with E-state index < -0.39 is 0 Å². The number of rotatable bonds is 6. The molecule has 1 amide bonds. The molecule has 2 aromatic heterocycles. The first kappa shape index (κ1) is 20.2. The van der Waals surface area contributed by atoms with Crippen LogP contribution in [0.5, 0.6) is 5.75 Å². The van der Waals surface area contributed by atoms with E-state index in [9.17, 15) is 4.79 Å². The van der Waals surface area contributed by atoms with Gasteiger partial charge in [-0.25, -0.2) is 4.68 Å². The van der Waals surface area contributed by atoms with Crippen molar-refractivity contribution in [1.82, 2.24) is 25.0 Å². The van der Waals surface area contributed by atoms with Gasteiger partial charge in [0.25, 0.3) is 5.91 Å². The molecule has 8 nitrogen and oxygen atoms in total. The molecule has 0 radical (unpaired) electrons. The molecule has 0 bridgehead atoms. The van der Waals surface area contributed by atoms with E-state index in [0.29, 0.717) is 17.1 Å². The fraction of sp³-hybridized carbons (Fsp3) is 0.0400. The lowest BCUT2D eigenvalue weighted by molar-refractivity contribution is 0.102. The number of ether oxygens (including phenoxy) is 1. The van der Waals surface area contributed by atoms with Gasteiger partial charge in [-0.05, 0) is 36.4 Å². The van der Waals surface area contributed by atoms with Gasteiger partial charge in [-0.1, -0.05) is 48.5 Å². The number of para-hydroxylation sites is 1. The Morgan fingerprint density at radius 1 is 0.970 bits per heavy atom. The van der Waals surface area contributed by atoms with E-state index in [4.69, 9.17) is 4.74 Å². The number of H-pyrrole nitrogens is 1. The monoisotopic (exact) mass is 436 g/mol. The van der Waals surface area contributed by atoms with Crippen molar-refractivity contribution < 1.29 is 9.53 Å². The third-order valence-corrected chi connectivity index (χ3v) is 5.14. The van der Waals surface area contributed by atoms with Crippen LogP contribution in [0.1, 0.15) is 10.4 Å². The van der Waals surface area contributed by atoms with Crippen LogP contribution in [0.2, 0.25) is 0 Å². The standard InChI is InChI=1S/C25H20N6O2/c1-33-22-13-6-5-12-20(22)23-27-25(30-29-23)28-24(32)18-10-7-11-19(16-18)31-21(14-15-26-31)17-8-3-2-4-9-17/h2-16H,1H3,(H2,27,28,29,30,32). The molecule has 0 atom stereocenters. The molecule has 8 heteroatoms. The van der Waals surface area contributed by atoms with Crippen LogP contribution < -0.4 is 10.1 Å². The molecule has 0 saturated carbocycles. The quantitative estimate of drug-likeness (QED) is 0.406. The number of carbonyl (C=O) groups excluding carboxylic acids is 1. The third-order valence-electron chi connectivity index (χ3n) is 5.14. The van der Waals surface area contributed by atoms with Crippen molar-refractivity contribution >= 4 is 11.9 Å². The molecule has 0 fully saturated rings. The number of aromatic amines is 1. The zero-order chi connectivity index (χ0) is 22.6. The average Bonchev–Trinajstić information content (AvgIpc) is 3.55. The molecule has 5 rings (SSSR count). The van der Waals surface area contributed by atoms with Gasteiger partial charge in [0.1, 0.15) is 5.75 Å². The Balaban J connectivity index is 1.38. The highest BCUT2D eigenvalue weighted by Gasteiger charge is 2.15. The molecule has 0 aliphatic carbocycles. The highest BCUT2D eigenvalue weighted by atomic mass is 16.5. The second-order valence-electron chi connectivity index (χ2n) is 7.21. The minimum Gasteiger partial charge on any atom is -0.496 e. The van der Waals surface area contributed by atoms with Crippen molar-refractivity contribution in [2.75, 3.05) is 12.4 Å². The Morgan fingerprint density at radius 2 is 1.79 bits per heavy atom. The van der Waals surface area contributed by atoms with E-state index in [0.717, 1.165) is 22.5 Å². The number of nitrogens with one attached hydrogen (secondary N) is 2. The van der Waals surface area contributed by atoms with E-state index in [1.54, 1.807) is 30.1 Å². The number of anilines is 1. The predicted molar refractivity (Wildman–Crippen MR) is 125 cm³/mol. The van der Waals surface area contributed by atoms with Gasteiger partial charge in [-0.15, -0.1) is 5.10 Å². The summed E-state index contributed by atoms with van der Waals surface area (Å²) in [6.07, 6.45) is 1.74. The average molecular weight is 436 g/mol. The molecule has 0 aliphatic rings. The first-order chi connectivity index (χ1) is 16.2. The van der Waals surface area contributed by atoms with Crippen LogP contribution in [-0.2, 0) is 0 Å². The summed E-state index contributed by atoms with van der Waals surface area (Å²) in [5.41, 5.74) is 3.96. The number of benzene rings is 3. The van der Waals surface area contributed by atoms with Crippen LogP contribution in [0.3, 0.4) is 0 Å². The van der Waals surface area contributed by atoms with Crippen LogP contribution in [-0.4, -0.2) is 38.0 Å². The minimum absolute atomic E-state index is 0.176. The smallest absolute Gasteiger partial charge is 0.258 e. The Labute approximate surface area is 189 Å². The van der Waals surface area contributed by atoms with Gasteiger partial charge in [-0.2, -0.15) is 10.1 Å². The molecule has 5 aromatic rings. The zero-order valence-corrected chi connectivity index (χ0v) is 17.8. The fourth-order valence-corrected chi connectivity index (χ4v) is 3.57. The van der Waals surface area contributed by atoms with E-state index in [1.807, 2.05) is 72.8 Å². The summed E-state index contributed by atoms with van der Waals surface area (Å²) in [5, 5.41) is 14.1. The third kappa shape index (κ3) is 4.09. The summed E-state index contributed by atoms with van der Waals surface area (Å²) < 4.78 is 7.17. The van der Waals surface area contributed by atoms with Crippen LogP contribution >= 0.6 is 0 Å². The predicted octanol–water partition coefficient (Wildman–Crippen LogP) is 4.59. The SMILES string of the molecule is COc1ccccc1-c1nc(NC(=O)c2cccc(-n3nccc3-c3ccccc3)c2)n[nH]1. The number of amides is 1. The lowest BCUT2D eigenvalue weighted by Crippen LogP contribution is -2.13. The maximum absolute atomic E-state index is 12.9. The van der Waals surface area contributed by atoms with E-state index in [2.05, 4.69) is 25.6 Å². The van der Waals surface area contributed by atoms with E-state index in [1.165, 1.54) is 0 Å². The summed E-state index contributed by atoms with van der Waals surface area (Å²) in [6, 6.07) is 26.6. The number of aromatic nitrogens is 5. The highest BCUT2D eigenvalue weighted by molar-refractivity contribution is 6.03. The Bertz CT molecular complexity index is 1410. The van der Waals surface area contributed by atoms with Crippen LogP contribution in [0.25, 0.3) is 28.3 Å². The number of hydrogen-bond acceptors (Lipinski definition) is 5. The molecule has 0 spiro atoms. The molecule has 33 heavy (non-hydrogen) atoms. The van der Waals surface area contributed by atoms with Crippen molar-refractivity contribution in [1.29, 1.82) is 0 Å².